The summed E-state index contributed by atoms with van der Waals surface area (Å²) in [6.45, 7) is 0.0191. The van der Waals surface area contributed by atoms with Gasteiger partial charge in [-0.2, -0.15) is 0 Å². The summed E-state index contributed by atoms with van der Waals surface area (Å²) in [4.78, 5) is 35.2. The van der Waals surface area contributed by atoms with Gasteiger partial charge in [-0.15, -0.1) is 11.3 Å². The van der Waals surface area contributed by atoms with Gasteiger partial charge in [0.15, 0.2) is 11.5 Å². The van der Waals surface area contributed by atoms with Gasteiger partial charge < -0.3 is 9.47 Å². The van der Waals surface area contributed by atoms with E-state index in [1.165, 1.54) is 18.2 Å². The summed E-state index contributed by atoms with van der Waals surface area (Å²) in [6, 6.07) is 12.9. The fourth-order valence-electron chi connectivity index (χ4n) is 2.67. The van der Waals surface area contributed by atoms with Crippen molar-refractivity contribution in [1.82, 2.24) is 10.9 Å². The zero-order valence-corrected chi connectivity index (χ0v) is 15.0. The molecule has 2 aromatic carbocycles. The van der Waals surface area contributed by atoms with Crippen LogP contribution in [0, 0.1) is 10.1 Å². The summed E-state index contributed by atoms with van der Waals surface area (Å²) in [5.41, 5.74) is 4.58. The highest BCUT2D eigenvalue weighted by molar-refractivity contribution is 7.20. The van der Waals surface area contributed by atoms with Gasteiger partial charge in [-0.3, -0.25) is 30.6 Å². The lowest BCUT2D eigenvalue weighted by Gasteiger charge is -2.25. The molecule has 0 saturated heterocycles. The van der Waals surface area contributed by atoms with Crippen molar-refractivity contribution in [3.63, 3.8) is 0 Å². The molecule has 2 heterocycles. The predicted octanol–water partition coefficient (Wildman–Crippen LogP) is 2.41. The molecule has 0 bridgehead atoms. The number of fused-ring (bicyclic) bond motifs is 2. The number of nitro benzene ring substituents is 1. The Morgan fingerprint density at radius 1 is 1.11 bits per heavy atom. The van der Waals surface area contributed by atoms with E-state index in [4.69, 9.17) is 9.47 Å². The van der Waals surface area contributed by atoms with Gasteiger partial charge in [0.2, 0.25) is 6.10 Å². The van der Waals surface area contributed by atoms with Gasteiger partial charge >= 0.3 is 0 Å². The third-order valence-electron chi connectivity index (χ3n) is 4.03. The fraction of sp³-hybridized carbons (Fsp3) is 0.111. The summed E-state index contributed by atoms with van der Waals surface area (Å²) in [5.74, 6) is -0.0878. The second kappa shape index (κ2) is 7.16. The molecule has 9 nitrogen and oxygen atoms in total. The van der Waals surface area contributed by atoms with Crippen molar-refractivity contribution in [3.8, 4) is 11.5 Å². The summed E-state index contributed by atoms with van der Waals surface area (Å²) in [5, 5.41) is 11.4. The van der Waals surface area contributed by atoms with Crippen LogP contribution in [-0.2, 0) is 4.79 Å². The smallest absolute Gasteiger partial charge is 0.283 e. The Morgan fingerprint density at radius 3 is 2.68 bits per heavy atom. The second-order valence-corrected chi connectivity index (χ2v) is 6.98. The van der Waals surface area contributed by atoms with E-state index in [0.717, 1.165) is 16.0 Å². The van der Waals surface area contributed by atoms with Crippen LogP contribution in [0.1, 0.15) is 9.67 Å². The molecule has 0 saturated carbocycles. The van der Waals surface area contributed by atoms with Crippen molar-refractivity contribution in [3.05, 3.63) is 63.5 Å². The van der Waals surface area contributed by atoms with Crippen molar-refractivity contribution in [2.45, 2.75) is 6.10 Å². The first-order valence-electron chi connectivity index (χ1n) is 8.18. The van der Waals surface area contributed by atoms with E-state index in [1.807, 2.05) is 0 Å². The third-order valence-corrected chi connectivity index (χ3v) is 5.15. The van der Waals surface area contributed by atoms with Crippen LogP contribution in [0.25, 0.3) is 10.1 Å². The van der Waals surface area contributed by atoms with Crippen LogP contribution in [0.3, 0.4) is 0 Å². The molecule has 2 N–H and O–H groups in total. The molecule has 1 aromatic heterocycles. The number of para-hydroxylation sites is 2. The fourth-order valence-corrected chi connectivity index (χ4v) is 3.60. The average molecular weight is 399 g/mol. The second-order valence-electron chi connectivity index (χ2n) is 5.90. The van der Waals surface area contributed by atoms with Crippen LogP contribution >= 0.6 is 11.3 Å². The normalized spacial score (nSPS) is 15.1. The first-order chi connectivity index (χ1) is 13.5. The molecule has 0 fully saturated rings. The molecule has 0 radical (unpaired) electrons. The standard InChI is InChI=1S/C18H13N3O6S/c22-17(14-9-26-12-3-1-2-4-13(12)27-14)19-20-18(23)16-8-10-7-11(21(24)25)5-6-15(10)28-16/h1-8,14H,9H2,(H,19,22)(H,20,23). The molecule has 0 spiro atoms. The topological polar surface area (TPSA) is 120 Å². The Morgan fingerprint density at radius 2 is 1.89 bits per heavy atom. The number of thiophene rings is 1. The Kier molecular flexibility index (Phi) is 4.53. The zero-order valence-electron chi connectivity index (χ0n) is 14.2. The Balaban J connectivity index is 1.39. The van der Waals surface area contributed by atoms with Gasteiger partial charge in [-0.25, -0.2) is 0 Å². The number of carbonyl (C=O) groups is 2. The molecule has 10 heteroatoms. The van der Waals surface area contributed by atoms with Crippen molar-refractivity contribution in [1.29, 1.82) is 0 Å². The maximum absolute atomic E-state index is 12.3. The van der Waals surface area contributed by atoms with Gasteiger partial charge in [0.25, 0.3) is 17.5 Å². The first kappa shape index (κ1) is 17.7. The maximum atomic E-state index is 12.3. The number of hydrogen-bond acceptors (Lipinski definition) is 7. The lowest BCUT2D eigenvalue weighted by Crippen LogP contribution is -2.50. The molecule has 1 aliphatic rings. The summed E-state index contributed by atoms with van der Waals surface area (Å²) in [6.07, 6.45) is -0.903. The van der Waals surface area contributed by atoms with Gasteiger partial charge in [-0.1, -0.05) is 12.1 Å². The number of amides is 2. The number of hydrogen-bond donors (Lipinski definition) is 2. The minimum absolute atomic E-state index is 0.0191. The third kappa shape index (κ3) is 3.45. The quantitative estimate of drug-likeness (QED) is 0.516. The molecule has 3 aromatic rings. The number of ether oxygens (including phenoxy) is 2. The van der Waals surface area contributed by atoms with Crippen LogP contribution in [0.5, 0.6) is 11.5 Å². The van der Waals surface area contributed by atoms with E-state index in [-0.39, 0.29) is 12.3 Å². The van der Waals surface area contributed by atoms with Crippen LogP contribution in [-0.4, -0.2) is 29.4 Å². The van der Waals surface area contributed by atoms with Crippen LogP contribution in [0.2, 0.25) is 0 Å². The average Bonchev–Trinajstić information content (AvgIpc) is 3.14. The van der Waals surface area contributed by atoms with Crippen molar-refractivity contribution in [2.24, 2.45) is 0 Å². The number of nitrogens with one attached hydrogen (secondary N) is 2. The van der Waals surface area contributed by atoms with E-state index in [9.17, 15) is 19.7 Å². The largest absolute Gasteiger partial charge is 0.485 e. The van der Waals surface area contributed by atoms with Crippen LogP contribution in [0.15, 0.2) is 48.5 Å². The van der Waals surface area contributed by atoms with Gasteiger partial charge in [0.1, 0.15) is 6.61 Å². The molecule has 142 valence electrons. The minimum Gasteiger partial charge on any atom is -0.485 e. The molecule has 0 aliphatic carbocycles. The van der Waals surface area contributed by atoms with E-state index in [0.29, 0.717) is 21.8 Å². The van der Waals surface area contributed by atoms with E-state index >= 15 is 0 Å². The first-order valence-corrected chi connectivity index (χ1v) is 8.99. The molecular weight excluding hydrogens is 386 g/mol. The highest BCUT2D eigenvalue weighted by atomic mass is 32.1. The van der Waals surface area contributed by atoms with Crippen molar-refractivity contribution >= 4 is 38.9 Å². The highest BCUT2D eigenvalue weighted by Crippen LogP contribution is 2.31. The number of non-ortho nitro benzene ring substituents is 1. The molecular formula is C18H13N3O6S. The minimum atomic E-state index is -0.903. The number of hydrazine groups is 1. The molecule has 1 aliphatic heterocycles. The van der Waals surface area contributed by atoms with Crippen LogP contribution in [0.4, 0.5) is 5.69 Å². The monoisotopic (exact) mass is 399 g/mol. The van der Waals surface area contributed by atoms with Gasteiger partial charge in [0, 0.05) is 22.2 Å². The highest BCUT2D eigenvalue weighted by Gasteiger charge is 2.27. The van der Waals surface area contributed by atoms with Crippen LogP contribution < -0.4 is 20.3 Å². The molecule has 1 unspecified atom stereocenters. The molecule has 4 rings (SSSR count). The Hall–Kier alpha value is -3.66. The number of nitrogens with zero attached hydrogens (tertiary/aromatic N) is 1. The van der Waals surface area contributed by atoms with Crippen molar-refractivity contribution in [2.75, 3.05) is 6.61 Å². The molecule has 28 heavy (non-hydrogen) atoms. The molecule has 2 amide bonds. The summed E-state index contributed by atoms with van der Waals surface area (Å²) < 4.78 is 11.8. The summed E-state index contributed by atoms with van der Waals surface area (Å²) in [7, 11) is 0. The number of carbonyl (C=O) groups excluding carboxylic acids is 2. The number of nitro groups is 1. The SMILES string of the molecule is O=C(NNC(=O)C1COc2ccccc2O1)c1cc2cc([N+](=O)[O-])ccc2s1. The van der Waals surface area contributed by atoms with Crippen molar-refractivity contribution < 1.29 is 24.0 Å². The Bertz CT molecular complexity index is 1100. The maximum Gasteiger partial charge on any atom is 0.283 e. The lowest BCUT2D eigenvalue weighted by molar-refractivity contribution is -0.384. The van der Waals surface area contributed by atoms with E-state index in [2.05, 4.69) is 10.9 Å². The zero-order chi connectivity index (χ0) is 19.7. The Labute approximate surface area is 162 Å². The predicted molar refractivity (Wildman–Crippen MR) is 100 cm³/mol. The number of benzene rings is 2. The van der Waals surface area contributed by atoms with E-state index < -0.39 is 22.8 Å². The number of rotatable bonds is 3. The van der Waals surface area contributed by atoms with Gasteiger partial charge in [-0.05, 0) is 24.3 Å². The van der Waals surface area contributed by atoms with E-state index in [1.54, 1.807) is 30.3 Å². The molecule has 1 atom stereocenters. The lowest BCUT2D eigenvalue weighted by atomic mass is 10.2. The summed E-state index contributed by atoms with van der Waals surface area (Å²) >= 11 is 1.16. The van der Waals surface area contributed by atoms with Gasteiger partial charge in [0.05, 0.1) is 9.80 Å².